The van der Waals surface area contributed by atoms with Crippen molar-refractivity contribution in [3.8, 4) is 0 Å². The van der Waals surface area contributed by atoms with Crippen LogP contribution in [0.3, 0.4) is 0 Å². The number of carbonyl (C=O) groups excluding carboxylic acids is 1. The van der Waals surface area contributed by atoms with Crippen molar-refractivity contribution in [1.82, 2.24) is 0 Å². The molecular formula is C13H16N2O3. The molecular weight excluding hydrogens is 232 g/mol. The number of aliphatic carboxylic acids is 1. The predicted molar refractivity (Wildman–Crippen MR) is 68.7 cm³/mol. The van der Waals surface area contributed by atoms with E-state index in [1.165, 1.54) is 0 Å². The Morgan fingerprint density at radius 2 is 2.33 bits per heavy atom. The van der Waals surface area contributed by atoms with Gasteiger partial charge in [-0.1, -0.05) is 6.92 Å². The zero-order valence-corrected chi connectivity index (χ0v) is 10.2. The van der Waals surface area contributed by atoms with Gasteiger partial charge >= 0.3 is 5.97 Å². The van der Waals surface area contributed by atoms with E-state index >= 15 is 0 Å². The molecule has 0 bridgehead atoms. The van der Waals surface area contributed by atoms with E-state index in [1.807, 2.05) is 25.1 Å². The lowest BCUT2D eigenvalue weighted by Crippen LogP contribution is -2.22. The third-order valence-electron chi connectivity index (χ3n) is 3.12. The summed E-state index contributed by atoms with van der Waals surface area (Å²) in [5, 5.41) is 14.8. The summed E-state index contributed by atoms with van der Waals surface area (Å²) in [7, 11) is 0. The first kappa shape index (κ1) is 12.4. The first-order valence-electron chi connectivity index (χ1n) is 5.99. The highest BCUT2D eigenvalue weighted by Gasteiger charge is 2.18. The van der Waals surface area contributed by atoms with Crippen LogP contribution in [0.2, 0.25) is 0 Å². The monoisotopic (exact) mass is 248 g/mol. The number of carbonyl (C=O) groups is 2. The van der Waals surface area contributed by atoms with Crippen molar-refractivity contribution in [1.29, 1.82) is 0 Å². The molecule has 1 aromatic rings. The highest BCUT2D eigenvalue weighted by atomic mass is 16.4. The Hall–Kier alpha value is -2.04. The molecule has 0 saturated carbocycles. The van der Waals surface area contributed by atoms with Crippen molar-refractivity contribution in [3.63, 3.8) is 0 Å². The molecule has 2 rings (SSSR count). The van der Waals surface area contributed by atoms with Gasteiger partial charge in [-0.3, -0.25) is 9.59 Å². The van der Waals surface area contributed by atoms with Gasteiger partial charge < -0.3 is 15.7 Å². The maximum absolute atomic E-state index is 11.2. The minimum absolute atomic E-state index is 0.000814. The summed E-state index contributed by atoms with van der Waals surface area (Å²) in [5.74, 6) is -1.18. The van der Waals surface area contributed by atoms with Crippen molar-refractivity contribution < 1.29 is 14.7 Å². The summed E-state index contributed by atoms with van der Waals surface area (Å²) >= 11 is 0. The molecule has 0 aromatic heterocycles. The Morgan fingerprint density at radius 1 is 1.56 bits per heavy atom. The first-order valence-corrected chi connectivity index (χ1v) is 5.99. The van der Waals surface area contributed by atoms with Gasteiger partial charge in [-0.25, -0.2) is 0 Å². The Kier molecular flexibility index (Phi) is 3.50. The van der Waals surface area contributed by atoms with Gasteiger partial charge in [-0.2, -0.15) is 0 Å². The Labute approximate surface area is 105 Å². The minimum Gasteiger partial charge on any atom is -0.481 e. The second-order valence-corrected chi connectivity index (χ2v) is 4.42. The Bertz CT molecular complexity index is 485. The van der Waals surface area contributed by atoms with Crippen molar-refractivity contribution >= 4 is 23.3 Å². The van der Waals surface area contributed by atoms with Crippen LogP contribution >= 0.6 is 0 Å². The number of benzene rings is 1. The number of fused-ring (bicyclic) bond motifs is 1. The van der Waals surface area contributed by atoms with E-state index in [4.69, 9.17) is 5.11 Å². The van der Waals surface area contributed by atoms with E-state index in [9.17, 15) is 9.59 Å². The van der Waals surface area contributed by atoms with Gasteiger partial charge in [0.15, 0.2) is 0 Å². The Balaban J connectivity index is 2.01. The first-order chi connectivity index (χ1) is 8.60. The van der Waals surface area contributed by atoms with Crippen LogP contribution in [0.1, 0.15) is 18.9 Å². The number of nitrogens with one attached hydrogen (secondary N) is 2. The summed E-state index contributed by atoms with van der Waals surface area (Å²) in [5.41, 5.74) is 2.65. The van der Waals surface area contributed by atoms with Gasteiger partial charge in [-0.05, 0) is 30.2 Å². The van der Waals surface area contributed by atoms with Crippen LogP contribution in [-0.4, -0.2) is 23.5 Å². The second kappa shape index (κ2) is 5.08. The molecule has 0 aliphatic carbocycles. The summed E-state index contributed by atoms with van der Waals surface area (Å²) in [4.78, 5) is 22.1. The zero-order chi connectivity index (χ0) is 13.1. The number of amides is 1. The fourth-order valence-electron chi connectivity index (χ4n) is 1.99. The molecule has 18 heavy (non-hydrogen) atoms. The van der Waals surface area contributed by atoms with E-state index in [2.05, 4.69) is 10.6 Å². The van der Waals surface area contributed by atoms with Crippen molar-refractivity contribution in [2.45, 2.75) is 19.8 Å². The molecule has 1 aliphatic heterocycles. The molecule has 0 radical (unpaired) electrons. The number of hydrogen-bond donors (Lipinski definition) is 3. The predicted octanol–water partition coefficient (Wildman–Crippen LogP) is 1.70. The number of rotatable bonds is 5. The summed E-state index contributed by atoms with van der Waals surface area (Å²) in [6, 6.07) is 5.57. The quantitative estimate of drug-likeness (QED) is 0.741. The normalized spacial score (nSPS) is 14.8. The molecule has 96 valence electrons. The van der Waals surface area contributed by atoms with E-state index < -0.39 is 11.9 Å². The molecule has 0 saturated heterocycles. The lowest BCUT2D eigenvalue weighted by Gasteiger charge is -2.12. The van der Waals surface area contributed by atoms with E-state index in [1.54, 1.807) is 0 Å². The second-order valence-electron chi connectivity index (χ2n) is 4.42. The zero-order valence-electron chi connectivity index (χ0n) is 10.2. The minimum atomic E-state index is -0.789. The summed E-state index contributed by atoms with van der Waals surface area (Å²) < 4.78 is 0. The number of anilines is 2. The highest BCUT2D eigenvalue weighted by Crippen LogP contribution is 2.26. The fourth-order valence-corrected chi connectivity index (χ4v) is 1.99. The van der Waals surface area contributed by atoms with Crippen molar-refractivity contribution in [3.05, 3.63) is 23.8 Å². The lowest BCUT2D eigenvalue weighted by molar-refractivity contribution is -0.141. The van der Waals surface area contributed by atoms with Crippen LogP contribution in [0.4, 0.5) is 11.4 Å². The van der Waals surface area contributed by atoms with E-state index in [0.29, 0.717) is 19.4 Å². The number of carboxylic acid groups (broad SMARTS) is 1. The standard InChI is InChI=1S/C13H16N2O3/c1-2-8(13(17)18)7-14-10-3-4-11-9(5-10)6-12(16)15-11/h3-5,8,14H,2,6-7H2,1H3,(H,15,16)(H,17,18). The number of carboxylic acids is 1. The largest absolute Gasteiger partial charge is 0.481 e. The fraction of sp³-hybridized carbons (Fsp3) is 0.385. The molecule has 1 amide bonds. The van der Waals surface area contributed by atoms with Gasteiger partial charge in [0.05, 0.1) is 12.3 Å². The molecule has 1 unspecified atom stereocenters. The maximum atomic E-state index is 11.2. The molecule has 1 aliphatic rings. The van der Waals surface area contributed by atoms with Crippen LogP contribution in [0.5, 0.6) is 0 Å². The van der Waals surface area contributed by atoms with Gasteiger partial charge in [-0.15, -0.1) is 0 Å². The molecule has 0 fully saturated rings. The maximum Gasteiger partial charge on any atom is 0.308 e. The van der Waals surface area contributed by atoms with Gasteiger partial charge in [0.25, 0.3) is 0 Å². The van der Waals surface area contributed by atoms with Crippen molar-refractivity contribution in [2.24, 2.45) is 5.92 Å². The lowest BCUT2D eigenvalue weighted by atomic mass is 10.1. The Morgan fingerprint density at radius 3 is 3.00 bits per heavy atom. The highest BCUT2D eigenvalue weighted by molar-refractivity contribution is 5.99. The van der Waals surface area contributed by atoms with Crippen LogP contribution in [-0.2, 0) is 16.0 Å². The van der Waals surface area contributed by atoms with Crippen LogP contribution < -0.4 is 10.6 Å². The van der Waals surface area contributed by atoms with Crippen molar-refractivity contribution in [2.75, 3.05) is 17.2 Å². The average Bonchev–Trinajstić information content (AvgIpc) is 2.68. The van der Waals surface area contributed by atoms with Gasteiger partial charge in [0.1, 0.15) is 0 Å². The molecule has 3 N–H and O–H groups in total. The molecule has 0 spiro atoms. The molecule has 1 heterocycles. The molecule has 1 aromatic carbocycles. The topological polar surface area (TPSA) is 78.4 Å². The van der Waals surface area contributed by atoms with Gasteiger partial charge in [0.2, 0.25) is 5.91 Å². The average molecular weight is 248 g/mol. The smallest absolute Gasteiger partial charge is 0.308 e. The van der Waals surface area contributed by atoms with Crippen LogP contribution in [0, 0.1) is 5.92 Å². The van der Waals surface area contributed by atoms with Crippen LogP contribution in [0.25, 0.3) is 0 Å². The SMILES string of the molecule is CCC(CNc1ccc2c(c1)CC(=O)N2)C(=O)O. The molecule has 5 heteroatoms. The van der Waals surface area contributed by atoms with E-state index in [-0.39, 0.29) is 5.91 Å². The molecule has 1 atom stereocenters. The number of hydrogen-bond acceptors (Lipinski definition) is 3. The third kappa shape index (κ3) is 2.61. The molecule has 5 nitrogen and oxygen atoms in total. The van der Waals surface area contributed by atoms with E-state index in [0.717, 1.165) is 16.9 Å². The van der Waals surface area contributed by atoms with Gasteiger partial charge in [0, 0.05) is 17.9 Å². The summed E-state index contributed by atoms with van der Waals surface area (Å²) in [6.45, 7) is 2.25. The third-order valence-corrected chi connectivity index (χ3v) is 3.12. The van der Waals surface area contributed by atoms with Crippen LogP contribution in [0.15, 0.2) is 18.2 Å². The summed E-state index contributed by atoms with van der Waals surface area (Å²) in [6.07, 6.45) is 0.980.